The molecule has 21 heavy (non-hydrogen) atoms. The van der Waals surface area contributed by atoms with Gasteiger partial charge in [-0.25, -0.2) is 0 Å². The maximum Gasteiger partial charge on any atom is 0.309 e. The minimum absolute atomic E-state index is 0.398. The molecule has 1 saturated carbocycles. The second-order valence-corrected chi connectivity index (χ2v) is 6.97. The molecule has 1 aromatic carbocycles. The third-order valence-electron chi connectivity index (χ3n) is 4.56. The largest absolute Gasteiger partial charge is 0.481 e. The SMILES string of the molecule is CC(C)(CCNC1CCCC1c1ccccc1Cl)C(=O)O. The van der Waals surface area contributed by atoms with E-state index in [-0.39, 0.29) is 0 Å². The van der Waals surface area contributed by atoms with Crippen LogP contribution in [0.4, 0.5) is 0 Å². The fourth-order valence-corrected chi connectivity index (χ4v) is 3.31. The molecule has 2 rings (SSSR count). The summed E-state index contributed by atoms with van der Waals surface area (Å²) in [6, 6.07) is 8.44. The van der Waals surface area contributed by atoms with Gasteiger partial charge in [0.2, 0.25) is 0 Å². The second kappa shape index (κ2) is 6.80. The fraction of sp³-hybridized carbons (Fsp3) is 0.588. The lowest BCUT2D eigenvalue weighted by Gasteiger charge is -2.25. The van der Waals surface area contributed by atoms with Crippen LogP contribution >= 0.6 is 11.6 Å². The molecule has 3 nitrogen and oxygen atoms in total. The van der Waals surface area contributed by atoms with Gasteiger partial charge in [0.15, 0.2) is 0 Å². The van der Waals surface area contributed by atoms with Gasteiger partial charge in [-0.1, -0.05) is 36.2 Å². The van der Waals surface area contributed by atoms with Crippen molar-refractivity contribution in [3.05, 3.63) is 34.9 Å². The average molecular weight is 310 g/mol. The summed E-state index contributed by atoms with van der Waals surface area (Å²) >= 11 is 6.31. The van der Waals surface area contributed by atoms with Crippen molar-refractivity contribution >= 4 is 17.6 Å². The number of nitrogens with one attached hydrogen (secondary N) is 1. The van der Waals surface area contributed by atoms with Crippen LogP contribution in [0.2, 0.25) is 5.02 Å². The third-order valence-corrected chi connectivity index (χ3v) is 4.90. The Morgan fingerprint density at radius 3 is 2.76 bits per heavy atom. The number of carboxylic acid groups (broad SMARTS) is 1. The van der Waals surface area contributed by atoms with Crippen LogP contribution in [0, 0.1) is 5.41 Å². The summed E-state index contributed by atoms with van der Waals surface area (Å²) in [5.74, 6) is -0.301. The highest BCUT2D eigenvalue weighted by atomic mass is 35.5. The van der Waals surface area contributed by atoms with Crippen LogP contribution in [-0.2, 0) is 4.79 Å². The highest BCUT2D eigenvalue weighted by molar-refractivity contribution is 6.31. The Hall–Kier alpha value is -1.06. The summed E-state index contributed by atoms with van der Waals surface area (Å²) in [4.78, 5) is 11.1. The molecule has 0 radical (unpaired) electrons. The molecular formula is C17H24ClNO2. The van der Waals surface area contributed by atoms with E-state index in [1.165, 1.54) is 12.0 Å². The average Bonchev–Trinajstić information content (AvgIpc) is 2.87. The summed E-state index contributed by atoms with van der Waals surface area (Å²) in [5.41, 5.74) is 0.539. The zero-order chi connectivity index (χ0) is 15.5. The Balaban J connectivity index is 1.94. The van der Waals surface area contributed by atoms with Gasteiger partial charge in [-0.2, -0.15) is 0 Å². The Labute approximate surface area is 131 Å². The quantitative estimate of drug-likeness (QED) is 0.833. The number of carboxylic acids is 1. The van der Waals surface area contributed by atoms with E-state index in [9.17, 15) is 4.79 Å². The predicted octanol–water partition coefficient (Wildman–Crippen LogP) is 4.07. The van der Waals surface area contributed by atoms with Gasteiger partial charge >= 0.3 is 5.97 Å². The van der Waals surface area contributed by atoms with Crippen LogP contribution in [-0.4, -0.2) is 23.7 Å². The lowest BCUT2D eigenvalue weighted by molar-refractivity contribution is -0.147. The Morgan fingerprint density at radius 1 is 1.38 bits per heavy atom. The molecule has 2 atom stereocenters. The number of halogens is 1. The van der Waals surface area contributed by atoms with Gasteiger partial charge in [-0.15, -0.1) is 0 Å². The minimum Gasteiger partial charge on any atom is -0.481 e. The zero-order valence-electron chi connectivity index (χ0n) is 12.7. The van der Waals surface area contributed by atoms with Gasteiger partial charge in [0.25, 0.3) is 0 Å². The Bertz CT molecular complexity index is 501. The molecule has 0 aromatic heterocycles. The van der Waals surface area contributed by atoms with E-state index in [1.807, 2.05) is 18.2 Å². The van der Waals surface area contributed by atoms with Gasteiger partial charge in [-0.3, -0.25) is 4.79 Å². The van der Waals surface area contributed by atoms with Crippen molar-refractivity contribution in [2.24, 2.45) is 5.41 Å². The van der Waals surface area contributed by atoms with Crippen molar-refractivity contribution in [3.63, 3.8) is 0 Å². The highest BCUT2D eigenvalue weighted by Crippen LogP contribution is 2.38. The van der Waals surface area contributed by atoms with Crippen LogP contribution in [0.25, 0.3) is 0 Å². The molecule has 0 heterocycles. The summed E-state index contributed by atoms with van der Waals surface area (Å²) in [7, 11) is 0. The molecule has 0 amide bonds. The number of aliphatic carboxylic acids is 1. The van der Waals surface area contributed by atoms with Crippen LogP contribution in [0.5, 0.6) is 0 Å². The zero-order valence-corrected chi connectivity index (χ0v) is 13.5. The van der Waals surface area contributed by atoms with Crippen molar-refractivity contribution in [2.75, 3.05) is 6.54 Å². The minimum atomic E-state index is -0.738. The summed E-state index contributed by atoms with van der Waals surface area (Å²) in [5, 5.41) is 13.5. The topological polar surface area (TPSA) is 49.3 Å². The normalized spacial score (nSPS) is 22.4. The Morgan fingerprint density at radius 2 is 2.10 bits per heavy atom. The number of hydrogen-bond donors (Lipinski definition) is 2. The van der Waals surface area contributed by atoms with Crippen molar-refractivity contribution in [1.82, 2.24) is 5.32 Å². The molecule has 0 spiro atoms. The lowest BCUT2D eigenvalue weighted by atomic mass is 9.89. The van der Waals surface area contributed by atoms with E-state index in [2.05, 4.69) is 11.4 Å². The fourth-order valence-electron chi connectivity index (χ4n) is 3.03. The van der Waals surface area contributed by atoms with Crippen LogP contribution in [0.1, 0.15) is 51.0 Å². The maximum absolute atomic E-state index is 11.1. The molecule has 1 aromatic rings. The third kappa shape index (κ3) is 3.98. The van der Waals surface area contributed by atoms with Crippen molar-refractivity contribution in [3.8, 4) is 0 Å². The van der Waals surface area contributed by atoms with E-state index in [0.29, 0.717) is 18.4 Å². The Kier molecular flexibility index (Phi) is 5.28. The maximum atomic E-state index is 11.1. The van der Waals surface area contributed by atoms with Crippen molar-refractivity contribution in [2.45, 2.75) is 51.5 Å². The van der Waals surface area contributed by atoms with Crippen molar-refractivity contribution < 1.29 is 9.90 Å². The van der Waals surface area contributed by atoms with E-state index in [0.717, 1.165) is 24.4 Å². The summed E-state index contributed by atoms with van der Waals surface area (Å²) < 4.78 is 0. The monoisotopic (exact) mass is 309 g/mol. The molecule has 4 heteroatoms. The molecule has 0 bridgehead atoms. The number of benzene rings is 1. The molecule has 0 saturated heterocycles. The molecule has 2 N–H and O–H groups in total. The molecule has 2 unspecified atom stereocenters. The summed E-state index contributed by atoms with van der Waals surface area (Å²) in [6.45, 7) is 4.28. The van der Waals surface area contributed by atoms with Gasteiger partial charge in [-0.05, 0) is 51.3 Å². The van der Waals surface area contributed by atoms with Gasteiger partial charge in [0.05, 0.1) is 5.41 Å². The number of rotatable bonds is 6. The van der Waals surface area contributed by atoms with E-state index in [4.69, 9.17) is 16.7 Å². The molecule has 1 aliphatic rings. The second-order valence-electron chi connectivity index (χ2n) is 6.56. The van der Waals surface area contributed by atoms with Gasteiger partial charge in [0.1, 0.15) is 0 Å². The molecule has 116 valence electrons. The predicted molar refractivity (Wildman–Crippen MR) is 85.9 cm³/mol. The summed E-state index contributed by atoms with van der Waals surface area (Å²) in [6.07, 6.45) is 4.09. The lowest BCUT2D eigenvalue weighted by Crippen LogP contribution is -2.36. The first-order valence-corrected chi connectivity index (χ1v) is 8.01. The van der Waals surface area contributed by atoms with E-state index < -0.39 is 11.4 Å². The first kappa shape index (κ1) is 16.3. The highest BCUT2D eigenvalue weighted by Gasteiger charge is 2.31. The number of carbonyl (C=O) groups is 1. The van der Waals surface area contributed by atoms with Crippen LogP contribution in [0.15, 0.2) is 24.3 Å². The first-order valence-electron chi connectivity index (χ1n) is 7.63. The van der Waals surface area contributed by atoms with Crippen molar-refractivity contribution in [1.29, 1.82) is 0 Å². The molecule has 1 fully saturated rings. The molecule has 1 aliphatic carbocycles. The number of hydrogen-bond acceptors (Lipinski definition) is 2. The molecular weight excluding hydrogens is 286 g/mol. The smallest absolute Gasteiger partial charge is 0.309 e. The van der Waals surface area contributed by atoms with Crippen LogP contribution < -0.4 is 5.32 Å². The van der Waals surface area contributed by atoms with E-state index >= 15 is 0 Å². The van der Waals surface area contributed by atoms with Gasteiger partial charge in [0, 0.05) is 17.0 Å². The standard InChI is InChI=1S/C17H24ClNO2/c1-17(2,16(20)21)10-11-19-15-9-5-7-13(15)12-6-3-4-8-14(12)18/h3-4,6,8,13,15,19H,5,7,9-11H2,1-2H3,(H,20,21). The van der Waals surface area contributed by atoms with E-state index in [1.54, 1.807) is 13.8 Å². The first-order chi connectivity index (χ1) is 9.92. The van der Waals surface area contributed by atoms with Gasteiger partial charge < -0.3 is 10.4 Å². The molecule has 0 aliphatic heterocycles. The van der Waals surface area contributed by atoms with Crippen LogP contribution in [0.3, 0.4) is 0 Å².